The van der Waals surface area contributed by atoms with Gasteiger partial charge in [0, 0.05) is 0 Å². The fraction of sp³-hybridized carbons (Fsp3) is 0.929. The van der Waals surface area contributed by atoms with E-state index in [-0.39, 0.29) is 5.92 Å². The number of ether oxygens (including phenoxy) is 2. The van der Waals surface area contributed by atoms with E-state index in [1.54, 1.807) is 0 Å². The predicted molar refractivity (Wildman–Crippen MR) is 65.3 cm³/mol. The van der Waals surface area contributed by atoms with E-state index in [1.165, 1.54) is 0 Å². The number of halogens is 5. The minimum absolute atomic E-state index is 0.0357. The van der Waals surface area contributed by atoms with Crippen LogP contribution < -0.4 is 0 Å². The maximum Gasteiger partial charge on any atom is 0.449 e. The van der Waals surface area contributed by atoms with Gasteiger partial charge in [-0.3, -0.25) is 4.79 Å². The maximum atomic E-state index is 14.2. The molecular formula is C14H17F5O4. The van der Waals surface area contributed by atoms with Crippen LogP contribution >= 0.6 is 0 Å². The van der Waals surface area contributed by atoms with Gasteiger partial charge in [0.25, 0.3) is 0 Å². The van der Waals surface area contributed by atoms with E-state index >= 15 is 0 Å². The van der Waals surface area contributed by atoms with Crippen LogP contribution in [0.25, 0.3) is 0 Å². The molecule has 1 aliphatic heterocycles. The zero-order valence-electron chi connectivity index (χ0n) is 12.3. The molecule has 1 heterocycles. The summed E-state index contributed by atoms with van der Waals surface area (Å²) >= 11 is 0. The van der Waals surface area contributed by atoms with E-state index in [0.717, 1.165) is 19.3 Å². The number of fused-ring (bicyclic) bond motifs is 2. The van der Waals surface area contributed by atoms with Crippen LogP contribution in [0, 0.1) is 17.8 Å². The van der Waals surface area contributed by atoms with Crippen molar-refractivity contribution in [1.29, 1.82) is 0 Å². The molecule has 132 valence electrons. The average Bonchev–Trinajstić information content (AvgIpc) is 3.09. The lowest BCUT2D eigenvalue weighted by Gasteiger charge is -2.36. The third kappa shape index (κ3) is 2.19. The number of aliphatic hydroxyl groups is 1. The Morgan fingerprint density at radius 2 is 1.91 bits per heavy atom. The van der Waals surface area contributed by atoms with Gasteiger partial charge in [-0.05, 0) is 38.0 Å². The highest BCUT2D eigenvalue weighted by Crippen LogP contribution is 2.55. The molecule has 0 aromatic rings. The molecule has 4 nitrogen and oxygen atoms in total. The van der Waals surface area contributed by atoms with E-state index < -0.39 is 42.0 Å². The van der Waals surface area contributed by atoms with Crippen molar-refractivity contribution < 1.29 is 41.3 Å². The lowest BCUT2D eigenvalue weighted by atomic mass is 9.88. The van der Waals surface area contributed by atoms with Crippen LogP contribution in [0.3, 0.4) is 0 Å². The first-order chi connectivity index (χ1) is 10.4. The second-order valence-corrected chi connectivity index (χ2v) is 6.94. The number of hydrogen-bond donors (Lipinski definition) is 1. The number of carbonyl (C=O) groups excluding carboxylic acids is 1. The molecule has 3 aliphatic rings. The van der Waals surface area contributed by atoms with Crippen molar-refractivity contribution in [1.82, 2.24) is 0 Å². The molecule has 0 aromatic carbocycles. The molecule has 2 saturated carbocycles. The first-order valence-electron chi connectivity index (χ1n) is 7.45. The summed E-state index contributed by atoms with van der Waals surface area (Å²) in [6, 6.07) is 0. The Kier molecular flexibility index (Phi) is 3.51. The smallest absolute Gasteiger partial charge is 0.449 e. The quantitative estimate of drug-likeness (QED) is 0.618. The normalized spacial score (nSPS) is 45.4. The fourth-order valence-electron chi connectivity index (χ4n) is 3.97. The summed E-state index contributed by atoms with van der Waals surface area (Å²) in [6.07, 6.45) is -2.63. The molecule has 0 radical (unpaired) electrons. The van der Waals surface area contributed by atoms with E-state index in [4.69, 9.17) is 4.74 Å². The third-order valence-electron chi connectivity index (χ3n) is 5.40. The Balaban J connectivity index is 1.78. The van der Waals surface area contributed by atoms with Crippen molar-refractivity contribution in [3.05, 3.63) is 0 Å². The number of alkyl halides is 5. The van der Waals surface area contributed by atoms with Crippen molar-refractivity contribution in [3.8, 4) is 0 Å². The van der Waals surface area contributed by atoms with Crippen LogP contribution in [0.4, 0.5) is 22.0 Å². The lowest BCUT2D eigenvalue weighted by molar-refractivity contribution is -0.409. The van der Waals surface area contributed by atoms with Gasteiger partial charge in [0.05, 0.1) is 12.5 Å². The van der Waals surface area contributed by atoms with Crippen LogP contribution in [0.15, 0.2) is 0 Å². The Bertz CT molecular complexity index is 522. The first-order valence-corrected chi connectivity index (χ1v) is 7.45. The van der Waals surface area contributed by atoms with Gasteiger partial charge >= 0.3 is 23.9 Å². The first kappa shape index (κ1) is 16.9. The van der Waals surface area contributed by atoms with Crippen molar-refractivity contribution in [2.24, 2.45) is 17.8 Å². The van der Waals surface area contributed by atoms with Gasteiger partial charge in [0.15, 0.2) is 0 Å². The van der Waals surface area contributed by atoms with Crippen LogP contribution in [0.1, 0.15) is 32.6 Å². The summed E-state index contributed by atoms with van der Waals surface area (Å²) in [5.74, 6) is -10.6. The fourth-order valence-corrected chi connectivity index (χ4v) is 3.97. The number of rotatable bonds is 2. The van der Waals surface area contributed by atoms with Gasteiger partial charge in [-0.1, -0.05) is 6.42 Å². The van der Waals surface area contributed by atoms with Crippen LogP contribution in [0.2, 0.25) is 0 Å². The van der Waals surface area contributed by atoms with Crippen LogP contribution in [0.5, 0.6) is 0 Å². The standard InChI is InChI=1S/C14H17F5O4/c1-11(6-22-13(21,12(11,15)16)14(17,18)19)23-10(20)9-5-7-2-3-8(9)4-7/h7-9,21H,2-6H2,1H3. The zero-order valence-corrected chi connectivity index (χ0v) is 12.3. The monoisotopic (exact) mass is 344 g/mol. The molecule has 0 aromatic heterocycles. The summed E-state index contributed by atoms with van der Waals surface area (Å²) in [6.45, 7) is -0.579. The summed E-state index contributed by atoms with van der Waals surface area (Å²) in [5, 5.41) is 9.29. The maximum absolute atomic E-state index is 14.2. The topological polar surface area (TPSA) is 55.8 Å². The second kappa shape index (κ2) is 4.78. The largest absolute Gasteiger partial charge is 0.450 e. The average molecular weight is 344 g/mol. The molecule has 2 aliphatic carbocycles. The number of esters is 1. The molecular weight excluding hydrogens is 327 g/mol. The van der Waals surface area contributed by atoms with Gasteiger partial charge in [0.2, 0.25) is 5.60 Å². The zero-order chi connectivity index (χ0) is 17.3. The highest BCUT2D eigenvalue weighted by atomic mass is 19.4. The van der Waals surface area contributed by atoms with Gasteiger partial charge in [-0.15, -0.1) is 0 Å². The molecule has 0 spiro atoms. The highest BCUT2D eigenvalue weighted by Gasteiger charge is 2.82. The van der Waals surface area contributed by atoms with E-state index in [1.807, 2.05) is 0 Å². The summed E-state index contributed by atoms with van der Waals surface area (Å²) < 4.78 is 75.4. The van der Waals surface area contributed by atoms with Crippen molar-refractivity contribution >= 4 is 5.97 Å². The SMILES string of the molecule is CC1(OC(=O)C2CC3CCC2C3)COC(O)(C(F)(F)F)C1(F)F. The third-order valence-corrected chi connectivity index (χ3v) is 5.40. The van der Waals surface area contributed by atoms with Crippen LogP contribution in [-0.4, -0.2) is 41.2 Å². The van der Waals surface area contributed by atoms with E-state index in [9.17, 15) is 31.9 Å². The molecule has 23 heavy (non-hydrogen) atoms. The Morgan fingerprint density at radius 3 is 2.35 bits per heavy atom. The molecule has 1 saturated heterocycles. The Morgan fingerprint density at radius 1 is 1.26 bits per heavy atom. The van der Waals surface area contributed by atoms with E-state index in [0.29, 0.717) is 19.3 Å². The Hall–Kier alpha value is -0.960. The van der Waals surface area contributed by atoms with Gasteiger partial charge in [-0.25, -0.2) is 0 Å². The molecule has 2 bridgehead atoms. The van der Waals surface area contributed by atoms with Gasteiger partial charge in [-0.2, -0.15) is 22.0 Å². The van der Waals surface area contributed by atoms with E-state index in [2.05, 4.69) is 4.74 Å². The highest BCUT2D eigenvalue weighted by molar-refractivity contribution is 5.74. The van der Waals surface area contributed by atoms with Crippen molar-refractivity contribution in [3.63, 3.8) is 0 Å². The summed E-state index contributed by atoms with van der Waals surface area (Å²) in [4.78, 5) is 12.2. The molecule has 5 unspecified atom stereocenters. The molecule has 3 fully saturated rings. The minimum atomic E-state index is -5.72. The van der Waals surface area contributed by atoms with Crippen molar-refractivity contribution in [2.45, 2.75) is 56.1 Å². The van der Waals surface area contributed by atoms with Crippen molar-refractivity contribution in [2.75, 3.05) is 6.61 Å². The lowest BCUT2D eigenvalue weighted by Crippen LogP contribution is -2.63. The second-order valence-electron chi connectivity index (χ2n) is 6.94. The molecule has 5 atom stereocenters. The molecule has 0 amide bonds. The van der Waals surface area contributed by atoms with Crippen LogP contribution in [-0.2, 0) is 14.3 Å². The number of hydrogen-bond acceptors (Lipinski definition) is 4. The molecule has 9 heteroatoms. The molecule has 3 rings (SSSR count). The molecule has 1 N–H and O–H groups in total. The summed E-state index contributed by atoms with van der Waals surface area (Å²) in [5.41, 5.74) is -2.86. The van der Waals surface area contributed by atoms with Gasteiger partial charge in [0.1, 0.15) is 0 Å². The Labute approximate surface area is 128 Å². The summed E-state index contributed by atoms with van der Waals surface area (Å²) in [7, 11) is 0. The van der Waals surface area contributed by atoms with Gasteiger partial charge < -0.3 is 14.6 Å². The minimum Gasteiger partial charge on any atom is -0.450 e. The predicted octanol–water partition coefficient (Wildman–Crippen LogP) is 2.64. The number of carbonyl (C=O) groups is 1.